The minimum absolute atomic E-state index is 0.231. The Morgan fingerprint density at radius 2 is 1.75 bits per heavy atom. The molecule has 88 valence electrons. The van der Waals surface area contributed by atoms with Gasteiger partial charge >= 0.3 is 5.97 Å². The molecule has 1 unspecified atom stereocenters. The molecule has 0 bridgehead atoms. The molecule has 7 nitrogen and oxygen atoms in total. The number of carbonyl (C=O) groups is 1. The molecule has 1 atom stereocenters. The van der Waals surface area contributed by atoms with Gasteiger partial charge in [0.25, 0.3) is 0 Å². The topological polar surface area (TPSA) is 144 Å². The average Bonchev–Trinajstić information content (AvgIpc) is 2.20. The van der Waals surface area contributed by atoms with Crippen molar-refractivity contribution in [1.29, 1.82) is 0 Å². The van der Waals surface area contributed by atoms with E-state index in [-0.39, 0.29) is 12.0 Å². The number of carboxylic acid groups (broad SMARTS) is 1. The second kappa shape index (κ2) is 4.15. The van der Waals surface area contributed by atoms with Gasteiger partial charge in [-0.2, -0.15) is 0 Å². The third-order valence-corrected chi connectivity index (χ3v) is 2.08. The van der Waals surface area contributed by atoms with Crippen molar-refractivity contribution in [1.82, 2.24) is 0 Å². The van der Waals surface area contributed by atoms with Crippen molar-refractivity contribution in [2.75, 3.05) is 0 Å². The van der Waals surface area contributed by atoms with E-state index in [1.165, 1.54) is 0 Å². The Kier molecular flexibility index (Phi) is 3.09. The van der Waals surface area contributed by atoms with Crippen molar-refractivity contribution >= 4 is 5.97 Å². The largest absolute Gasteiger partial charge is 0.507 e. The Bertz CT molecular complexity index is 430. The number of hydrogen-bond donors (Lipinski definition) is 6. The van der Waals surface area contributed by atoms with E-state index in [2.05, 4.69) is 0 Å². The first-order chi connectivity index (χ1) is 7.34. The predicted molar refractivity (Wildman–Crippen MR) is 52.4 cm³/mol. The van der Waals surface area contributed by atoms with Crippen LogP contribution in [-0.2, 0) is 11.2 Å². The lowest BCUT2D eigenvalue weighted by molar-refractivity contribution is -0.138. The standard InChI is InChI=1S/C9H11NO6/c10-4(9(15)16)1-3-5(11)2-6(12)8(14)7(3)13/h2,4,11-14H,1,10H2,(H,15,16). The molecule has 0 spiro atoms. The number of aromatic hydroxyl groups is 4. The number of phenolic OH excluding ortho intramolecular Hbond substituents is 4. The Labute approximate surface area is 90.0 Å². The summed E-state index contributed by atoms with van der Waals surface area (Å²) in [5.41, 5.74) is 4.98. The zero-order valence-corrected chi connectivity index (χ0v) is 8.08. The zero-order chi connectivity index (χ0) is 12.5. The molecule has 0 aromatic heterocycles. The molecule has 0 aliphatic rings. The lowest BCUT2D eigenvalue weighted by Gasteiger charge is -2.12. The number of hydrogen-bond acceptors (Lipinski definition) is 6. The van der Waals surface area contributed by atoms with E-state index in [4.69, 9.17) is 21.1 Å². The highest BCUT2D eigenvalue weighted by atomic mass is 16.4. The van der Waals surface area contributed by atoms with Gasteiger partial charge in [-0.3, -0.25) is 4.79 Å². The summed E-state index contributed by atoms with van der Waals surface area (Å²) in [6, 6.07) is -0.542. The fourth-order valence-corrected chi connectivity index (χ4v) is 1.18. The van der Waals surface area contributed by atoms with Crippen LogP contribution in [0.15, 0.2) is 6.07 Å². The minimum Gasteiger partial charge on any atom is -0.507 e. The summed E-state index contributed by atoms with van der Waals surface area (Å²) < 4.78 is 0. The highest BCUT2D eigenvalue weighted by Gasteiger charge is 2.21. The number of nitrogens with two attached hydrogens (primary N) is 1. The fraction of sp³-hybridized carbons (Fsp3) is 0.222. The van der Waals surface area contributed by atoms with Crippen molar-refractivity contribution in [3.05, 3.63) is 11.6 Å². The van der Waals surface area contributed by atoms with E-state index in [9.17, 15) is 15.0 Å². The second-order valence-corrected chi connectivity index (χ2v) is 3.24. The lowest BCUT2D eigenvalue weighted by Crippen LogP contribution is -2.32. The van der Waals surface area contributed by atoms with Crippen molar-refractivity contribution < 1.29 is 30.3 Å². The second-order valence-electron chi connectivity index (χ2n) is 3.24. The van der Waals surface area contributed by atoms with Crippen LogP contribution in [0.25, 0.3) is 0 Å². The third-order valence-electron chi connectivity index (χ3n) is 2.08. The monoisotopic (exact) mass is 229 g/mol. The van der Waals surface area contributed by atoms with E-state index >= 15 is 0 Å². The molecule has 1 rings (SSSR count). The summed E-state index contributed by atoms with van der Waals surface area (Å²) in [5.74, 6) is -4.17. The van der Waals surface area contributed by atoms with Crippen LogP contribution in [0, 0.1) is 0 Å². The molecule has 0 aliphatic heterocycles. The summed E-state index contributed by atoms with van der Waals surface area (Å²) in [5, 5.41) is 45.5. The van der Waals surface area contributed by atoms with Gasteiger partial charge in [-0.1, -0.05) is 0 Å². The van der Waals surface area contributed by atoms with Crippen LogP contribution >= 0.6 is 0 Å². The molecule has 0 radical (unpaired) electrons. The molecule has 7 heteroatoms. The summed E-state index contributed by atoms with van der Waals surface area (Å²) in [7, 11) is 0. The Morgan fingerprint density at radius 1 is 1.19 bits per heavy atom. The first kappa shape index (κ1) is 11.9. The van der Waals surface area contributed by atoms with Gasteiger partial charge in [0, 0.05) is 18.1 Å². The van der Waals surface area contributed by atoms with Crippen molar-refractivity contribution in [2.45, 2.75) is 12.5 Å². The lowest BCUT2D eigenvalue weighted by atomic mass is 10.0. The highest BCUT2D eigenvalue weighted by molar-refractivity contribution is 5.74. The van der Waals surface area contributed by atoms with E-state index in [0.29, 0.717) is 0 Å². The molecular weight excluding hydrogens is 218 g/mol. The molecule has 1 aromatic rings. The van der Waals surface area contributed by atoms with Gasteiger partial charge < -0.3 is 31.3 Å². The van der Waals surface area contributed by atoms with E-state index in [1.54, 1.807) is 0 Å². The normalized spacial score (nSPS) is 12.3. The summed E-state index contributed by atoms with van der Waals surface area (Å²) in [4.78, 5) is 10.5. The predicted octanol–water partition coefficient (Wildman–Crippen LogP) is -0.537. The van der Waals surface area contributed by atoms with Gasteiger partial charge in [-0.25, -0.2) is 0 Å². The maximum absolute atomic E-state index is 10.5. The smallest absolute Gasteiger partial charge is 0.320 e. The van der Waals surface area contributed by atoms with E-state index in [0.717, 1.165) is 6.07 Å². The maximum atomic E-state index is 10.5. The van der Waals surface area contributed by atoms with Crippen molar-refractivity contribution in [3.63, 3.8) is 0 Å². The minimum atomic E-state index is -1.33. The summed E-state index contributed by atoms with van der Waals surface area (Å²) in [6.07, 6.45) is -0.374. The van der Waals surface area contributed by atoms with Crippen LogP contribution < -0.4 is 5.73 Å². The molecule has 0 aliphatic carbocycles. The molecule has 0 amide bonds. The Hall–Kier alpha value is -2.15. The number of rotatable bonds is 3. The number of phenols is 4. The Morgan fingerprint density at radius 3 is 2.25 bits per heavy atom. The first-order valence-corrected chi connectivity index (χ1v) is 4.28. The molecule has 0 fully saturated rings. The zero-order valence-electron chi connectivity index (χ0n) is 8.08. The van der Waals surface area contributed by atoms with Crippen LogP contribution in [0.4, 0.5) is 0 Å². The summed E-state index contributed by atoms with van der Waals surface area (Å²) in [6.45, 7) is 0. The number of aliphatic carboxylic acids is 1. The molecule has 0 heterocycles. The molecular formula is C9H11NO6. The van der Waals surface area contributed by atoms with Gasteiger partial charge in [0.05, 0.1) is 0 Å². The van der Waals surface area contributed by atoms with Crippen molar-refractivity contribution in [2.24, 2.45) is 5.73 Å². The fourth-order valence-electron chi connectivity index (χ4n) is 1.18. The van der Waals surface area contributed by atoms with Crippen molar-refractivity contribution in [3.8, 4) is 23.0 Å². The van der Waals surface area contributed by atoms with Gasteiger partial charge in [-0.15, -0.1) is 0 Å². The molecule has 0 saturated heterocycles. The van der Waals surface area contributed by atoms with Crippen LogP contribution in [0.3, 0.4) is 0 Å². The highest BCUT2D eigenvalue weighted by Crippen LogP contribution is 2.42. The SMILES string of the molecule is NC(Cc1c(O)cc(O)c(O)c1O)C(=O)O. The van der Waals surface area contributed by atoms with Gasteiger partial charge in [-0.05, 0) is 0 Å². The number of benzene rings is 1. The Balaban J connectivity index is 3.14. The number of carboxylic acids is 1. The molecule has 1 aromatic carbocycles. The van der Waals surface area contributed by atoms with E-state index < -0.39 is 35.0 Å². The third kappa shape index (κ3) is 2.09. The van der Waals surface area contributed by atoms with Crippen LogP contribution in [0.2, 0.25) is 0 Å². The van der Waals surface area contributed by atoms with Gasteiger partial charge in [0.2, 0.25) is 5.75 Å². The van der Waals surface area contributed by atoms with E-state index in [1.807, 2.05) is 0 Å². The first-order valence-electron chi connectivity index (χ1n) is 4.28. The maximum Gasteiger partial charge on any atom is 0.320 e. The molecule has 16 heavy (non-hydrogen) atoms. The quantitative estimate of drug-likeness (QED) is 0.301. The van der Waals surface area contributed by atoms with Crippen LogP contribution in [0.5, 0.6) is 23.0 Å². The molecule has 0 saturated carbocycles. The summed E-state index contributed by atoms with van der Waals surface area (Å²) >= 11 is 0. The van der Waals surface area contributed by atoms with Gasteiger partial charge in [0.1, 0.15) is 11.8 Å². The average molecular weight is 229 g/mol. The van der Waals surface area contributed by atoms with Crippen LogP contribution in [-0.4, -0.2) is 37.5 Å². The van der Waals surface area contributed by atoms with Gasteiger partial charge in [0.15, 0.2) is 11.5 Å². The van der Waals surface area contributed by atoms with Crippen LogP contribution in [0.1, 0.15) is 5.56 Å². The molecule has 7 N–H and O–H groups in total.